The van der Waals surface area contributed by atoms with Crippen molar-refractivity contribution in [3.8, 4) is 0 Å². The Morgan fingerprint density at radius 3 is 2.50 bits per heavy atom. The molecule has 0 saturated heterocycles. The quantitative estimate of drug-likeness (QED) is 0.781. The topological polar surface area (TPSA) is 80.9 Å². The number of hydrogen-bond acceptors (Lipinski definition) is 4. The number of nitrogens with one attached hydrogen (secondary N) is 1. The van der Waals surface area contributed by atoms with Gasteiger partial charge in [-0.05, 0) is 12.8 Å². The Morgan fingerprint density at radius 1 is 1.25 bits per heavy atom. The average Bonchev–Trinajstić information content (AvgIpc) is 2.31. The summed E-state index contributed by atoms with van der Waals surface area (Å²) in [6.07, 6.45) is 9.28. The SMILES string of the molecule is NC1(C(=O)Nc2cncnc2)CCCCC1. The fourth-order valence-electron chi connectivity index (χ4n) is 2.03. The predicted octanol–water partition coefficient (Wildman–Crippen LogP) is 1.08. The van der Waals surface area contributed by atoms with Gasteiger partial charge in [-0.2, -0.15) is 0 Å². The normalized spacial score (nSPS) is 19.1. The Hall–Kier alpha value is -1.49. The van der Waals surface area contributed by atoms with Crippen LogP contribution < -0.4 is 11.1 Å². The monoisotopic (exact) mass is 220 g/mol. The van der Waals surface area contributed by atoms with Gasteiger partial charge in [0.1, 0.15) is 6.33 Å². The predicted molar refractivity (Wildman–Crippen MR) is 60.7 cm³/mol. The smallest absolute Gasteiger partial charge is 0.244 e. The van der Waals surface area contributed by atoms with Crippen LogP contribution in [0.3, 0.4) is 0 Å². The molecule has 5 heteroatoms. The molecule has 1 aliphatic carbocycles. The summed E-state index contributed by atoms with van der Waals surface area (Å²) in [5.41, 5.74) is 5.98. The van der Waals surface area contributed by atoms with E-state index in [1.54, 1.807) is 12.4 Å². The second-order valence-electron chi connectivity index (χ2n) is 4.30. The van der Waals surface area contributed by atoms with Crippen LogP contribution >= 0.6 is 0 Å². The molecule has 5 nitrogen and oxygen atoms in total. The zero-order valence-electron chi connectivity index (χ0n) is 9.15. The molecule has 0 aliphatic heterocycles. The molecule has 1 aromatic rings. The second kappa shape index (κ2) is 4.57. The van der Waals surface area contributed by atoms with Gasteiger partial charge in [0, 0.05) is 0 Å². The van der Waals surface area contributed by atoms with Crippen LogP contribution in [-0.2, 0) is 4.79 Å². The maximum atomic E-state index is 12.0. The van der Waals surface area contributed by atoms with Crippen LogP contribution in [0, 0.1) is 0 Å². The molecule has 0 radical (unpaired) electrons. The first kappa shape index (κ1) is 11.0. The third-order valence-corrected chi connectivity index (χ3v) is 3.02. The minimum Gasteiger partial charge on any atom is -0.322 e. The summed E-state index contributed by atoms with van der Waals surface area (Å²) in [6, 6.07) is 0. The van der Waals surface area contributed by atoms with Crippen molar-refractivity contribution in [1.29, 1.82) is 0 Å². The van der Waals surface area contributed by atoms with E-state index < -0.39 is 5.54 Å². The molecule has 1 heterocycles. The number of rotatable bonds is 2. The number of nitrogens with two attached hydrogens (primary N) is 1. The zero-order chi connectivity index (χ0) is 11.4. The molecule has 0 bridgehead atoms. The van der Waals surface area contributed by atoms with Gasteiger partial charge in [0.05, 0.1) is 23.6 Å². The van der Waals surface area contributed by atoms with Crippen LogP contribution in [0.5, 0.6) is 0 Å². The van der Waals surface area contributed by atoms with E-state index in [1.165, 1.54) is 12.7 Å². The first-order chi connectivity index (χ1) is 7.71. The van der Waals surface area contributed by atoms with Gasteiger partial charge in [-0.1, -0.05) is 19.3 Å². The van der Waals surface area contributed by atoms with E-state index in [1.807, 2.05) is 0 Å². The van der Waals surface area contributed by atoms with E-state index in [9.17, 15) is 4.79 Å². The van der Waals surface area contributed by atoms with Crippen molar-refractivity contribution >= 4 is 11.6 Å². The third-order valence-electron chi connectivity index (χ3n) is 3.02. The first-order valence-corrected chi connectivity index (χ1v) is 5.56. The van der Waals surface area contributed by atoms with Crippen LogP contribution in [0.2, 0.25) is 0 Å². The van der Waals surface area contributed by atoms with Crippen LogP contribution in [0.15, 0.2) is 18.7 Å². The molecule has 0 unspecified atom stereocenters. The molecule has 1 aromatic heterocycles. The van der Waals surface area contributed by atoms with E-state index in [0.29, 0.717) is 5.69 Å². The minimum absolute atomic E-state index is 0.123. The second-order valence-corrected chi connectivity index (χ2v) is 4.30. The Kier molecular flexibility index (Phi) is 3.14. The summed E-state index contributed by atoms with van der Waals surface area (Å²) < 4.78 is 0. The van der Waals surface area contributed by atoms with Gasteiger partial charge in [0.2, 0.25) is 5.91 Å². The van der Waals surface area contributed by atoms with Crippen LogP contribution in [0.25, 0.3) is 0 Å². The van der Waals surface area contributed by atoms with Crippen molar-refractivity contribution < 1.29 is 4.79 Å². The summed E-state index contributed by atoms with van der Waals surface area (Å²) in [7, 11) is 0. The van der Waals surface area contributed by atoms with Crippen molar-refractivity contribution in [3.05, 3.63) is 18.7 Å². The number of carbonyl (C=O) groups excluding carboxylic acids is 1. The Bertz CT molecular complexity index is 360. The molecule has 1 aliphatic rings. The standard InChI is InChI=1S/C11H16N4O/c12-11(4-2-1-3-5-11)10(16)15-9-6-13-8-14-7-9/h6-8H,1-5,12H2,(H,15,16). The van der Waals surface area contributed by atoms with Gasteiger partial charge in [-0.25, -0.2) is 9.97 Å². The highest BCUT2D eigenvalue weighted by atomic mass is 16.2. The Labute approximate surface area is 94.5 Å². The van der Waals surface area contributed by atoms with Crippen LogP contribution in [0.1, 0.15) is 32.1 Å². The number of anilines is 1. The lowest BCUT2D eigenvalue weighted by atomic mass is 9.82. The van der Waals surface area contributed by atoms with E-state index in [-0.39, 0.29) is 5.91 Å². The Balaban J connectivity index is 2.02. The van der Waals surface area contributed by atoms with E-state index in [0.717, 1.165) is 25.7 Å². The van der Waals surface area contributed by atoms with Crippen LogP contribution in [0.4, 0.5) is 5.69 Å². The number of aromatic nitrogens is 2. The molecule has 0 spiro atoms. The summed E-state index contributed by atoms with van der Waals surface area (Å²) in [4.78, 5) is 19.7. The Morgan fingerprint density at radius 2 is 1.88 bits per heavy atom. The van der Waals surface area contributed by atoms with Crippen molar-refractivity contribution in [2.75, 3.05) is 5.32 Å². The molecule has 86 valence electrons. The molecule has 0 atom stereocenters. The summed E-state index contributed by atoms with van der Waals surface area (Å²) >= 11 is 0. The molecule has 1 amide bonds. The van der Waals surface area contributed by atoms with Crippen molar-refractivity contribution in [2.45, 2.75) is 37.6 Å². The van der Waals surface area contributed by atoms with E-state index in [2.05, 4.69) is 15.3 Å². The van der Waals surface area contributed by atoms with Gasteiger partial charge in [0.25, 0.3) is 0 Å². The largest absolute Gasteiger partial charge is 0.322 e. The molecule has 3 N–H and O–H groups in total. The maximum Gasteiger partial charge on any atom is 0.244 e. The molecule has 2 rings (SSSR count). The van der Waals surface area contributed by atoms with E-state index >= 15 is 0 Å². The van der Waals surface area contributed by atoms with Crippen molar-refractivity contribution in [1.82, 2.24) is 9.97 Å². The number of nitrogens with zero attached hydrogens (tertiary/aromatic N) is 2. The minimum atomic E-state index is -0.714. The molecule has 1 saturated carbocycles. The van der Waals surface area contributed by atoms with Gasteiger partial charge < -0.3 is 11.1 Å². The lowest BCUT2D eigenvalue weighted by Gasteiger charge is -2.31. The summed E-state index contributed by atoms with van der Waals surface area (Å²) in [6.45, 7) is 0. The summed E-state index contributed by atoms with van der Waals surface area (Å²) in [5, 5.41) is 2.76. The van der Waals surface area contributed by atoms with E-state index in [4.69, 9.17) is 5.73 Å². The fourth-order valence-corrected chi connectivity index (χ4v) is 2.03. The molecule has 0 aromatic carbocycles. The molecule has 1 fully saturated rings. The molecular weight excluding hydrogens is 204 g/mol. The lowest BCUT2D eigenvalue weighted by molar-refractivity contribution is -0.122. The zero-order valence-corrected chi connectivity index (χ0v) is 9.15. The number of amides is 1. The lowest BCUT2D eigenvalue weighted by Crippen LogP contribution is -2.52. The third kappa shape index (κ3) is 2.36. The highest BCUT2D eigenvalue weighted by Crippen LogP contribution is 2.26. The van der Waals surface area contributed by atoms with Crippen molar-refractivity contribution in [3.63, 3.8) is 0 Å². The maximum absolute atomic E-state index is 12.0. The fraction of sp³-hybridized carbons (Fsp3) is 0.545. The van der Waals surface area contributed by atoms with Gasteiger partial charge in [0.15, 0.2) is 0 Å². The van der Waals surface area contributed by atoms with Crippen LogP contribution in [-0.4, -0.2) is 21.4 Å². The molecule has 16 heavy (non-hydrogen) atoms. The van der Waals surface area contributed by atoms with Gasteiger partial charge in [-0.15, -0.1) is 0 Å². The highest BCUT2D eigenvalue weighted by Gasteiger charge is 2.35. The average molecular weight is 220 g/mol. The number of carbonyl (C=O) groups is 1. The van der Waals surface area contributed by atoms with Gasteiger partial charge in [-0.3, -0.25) is 4.79 Å². The molecular formula is C11H16N4O. The van der Waals surface area contributed by atoms with Crippen molar-refractivity contribution in [2.24, 2.45) is 5.73 Å². The van der Waals surface area contributed by atoms with Gasteiger partial charge >= 0.3 is 0 Å². The summed E-state index contributed by atoms with van der Waals surface area (Å²) in [5.74, 6) is -0.123. The number of hydrogen-bond donors (Lipinski definition) is 2. The first-order valence-electron chi connectivity index (χ1n) is 5.56. The highest BCUT2D eigenvalue weighted by molar-refractivity contribution is 5.97.